The first-order valence-corrected chi connectivity index (χ1v) is 7.36. The molecule has 2 aromatic heterocycles. The van der Waals surface area contributed by atoms with Crippen molar-refractivity contribution in [3.63, 3.8) is 0 Å². The van der Waals surface area contributed by atoms with E-state index in [-0.39, 0.29) is 5.78 Å². The number of hydrogen-bond donors (Lipinski definition) is 1. The molecule has 1 N–H and O–H groups in total. The smallest absolute Gasteiger partial charge is 0.198 e. The van der Waals surface area contributed by atoms with Gasteiger partial charge in [0.1, 0.15) is 12.4 Å². The van der Waals surface area contributed by atoms with Gasteiger partial charge in [-0.05, 0) is 14.1 Å². The van der Waals surface area contributed by atoms with Gasteiger partial charge in [-0.2, -0.15) is 5.10 Å². The molecule has 0 atom stereocenters. The van der Waals surface area contributed by atoms with Crippen molar-refractivity contribution < 1.29 is 9.53 Å². The van der Waals surface area contributed by atoms with Crippen LogP contribution >= 0.6 is 0 Å². The monoisotopic (exact) mass is 310 g/mol. The number of ether oxygens (including phenoxy) is 1. The number of rotatable bonds is 6. The average molecular weight is 310 g/mol. The Hall–Kier alpha value is -2.73. The van der Waals surface area contributed by atoms with Crippen LogP contribution in [0.4, 0.5) is 0 Å². The Morgan fingerprint density at radius 3 is 2.74 bits per heavy atom. The van der Waals surface area contributed by atoms with E-state index in [0.29, 0.717) is 34.5 Å². The molecule has 0 unspecified atom stereocenters. The van der Waals surface area contributed by atoms with Crippen LogP contribution in [0.15, 0.2) is 42.7 Å². The van der Waals surface area contributed by atoms with Crippen molar-refractivity contribution in [3.05, 3.63) is 53.9 Å². The van der Waals surface area contributed by atoms with Gasteiger partial charge in [-0.25, -0.2) is 4.98 Å². The topological polar surface area (TPSA) is 71.1 Å². The van der Waals surface area contributed by atoms with Crippen molar-refractivity contribution in [3.8, 4) is 5.75 Å². The van der Waals surface area contributed by atoms with E-state index in [0.717, 1.165) is 6.54 Å². The minimum absolute atomic E-state index is 0.110. The maximum atomic E-state index is 12.8. The fraction of sp³-hybridized carbons (Fsp3) is 0.235. The highest BCUT2D eigenvalue weighted by Crippen LogP contribution is 2.29. The summed E-state index contributed by atoms with van der Waals surface area (Å²) in [6.07, 6.45) is 3.18. The lowest BCUT2D eigenvalue weighted by molar-refractivity contribution is 0.103. The molecule has 0 saturated heterocycles. The van der Waals surface area contributed by atoms with Crippen LogP contribution in [0.5, 0.6) is 5.75 Å². The fourth-order valence-electron chi connectivity index (χ4n) is 2.27. The molecule has 3 rings (SSSR count). The summed E-state index contributed by atoms with van der Waals surface area (Å²) in [5.41, 5.74) is 1.66. The van der Waals surface area contributed by atoms with Crippen LogP contribution in [0.1, 0.15) is 15.9 Å². The molecular formula is C17H18N4O2. The molecule has 6 nitrogen and oxygen atoms in total. The lowest BCUT2D eigenvalue weighted by Gasteiger charge is -2.14. The van der Waals surface area contributed by atoms with Gasteiger partial charge in [-0.3, -0.25) is 9.89 Å². The molecule has 118 valence electrons. The van der Waals surface area contributed by atoms with Crippen molar-refractivity contribution in [2.75, 3.05) is 27.2 Å². The fourth-order valence-corrected chi connectivity index (χ4v) is 2.27. The van der Waals surface area contributed by atoms with Crippen LogP contribution in [-0.4, -0.2) is 53.1 Å². The number of aromatic amines is 1. The van der Waals surface area contributed by atoms with Crippen LogP contribution in [0.2, 0.25) is 0 Å². The molecule has 2 heterocycles. The highest BCUT2D eigenvalue weighted by atomic mass is 16.5. The van der Waals surface area contributed by atoms with E-state index in [4.69, 9.17) is 4.74 Å². The van der Waals surface area contributed by atoms with Gasteiger partial charge in [0.2, 0.25) is 0 Å². The predicted octanol–water partition coefficient (Wildman–Crippen LogP) is 2.13. The van der Waals surface area contributed by atoms with Crippen molar-refractivity contribution in [1.29, 1.82) is 0 Å². The van der Waals surface area contributed by atoms with Gasteiger partial charge in [0.05, 0.1) is 17.1 Å². The summed E-state index contributed by atoms with van der Waals surface area (Å²) >= 11 is 0. The second-order valence-electron chi connectivity index (χ2n) is 5.48. The van der Waals surface area contributed by atoms with E-state index in [9.17, 15) is 4.79 Å². The van der Waals surface area contributed by atoms with Gasteiger partial charge in [-0.15, -0.1) is 0 Å². The van der Waals surface area contributed by atoms with Gasteiger partial charge in [-0.1, -0.05) is 30.3 Å². The highest BCUT2D eigenvalue weighted by molar-refractivity contribution is 6.12. The Labute approximate surface area is 134 Å². The first-order valence-electron chi connectivity index (χ1n) is 7.36. The number of fused-ring (bicyclic) bond motifs is 1. The van der Waals surface area contributed by atoms with Gasteiger partial charge < -0.3 is 9.64 Å². The number of carbonyl (C=O) groups excluding carboxylic acids is 1. The Kier molecular flexibility index (Phi) is 4.34. The van der Waals surface area contributed by atoms with E-state index < -0.39 is 0 Å². The Bertz CT molecular complexity index is 812. The third-order valence-electron chi connectivity index (χ3n) is 3.50. The minimum atomic E-state index is -0.110. The summed E-state index contributed by atoms with van der Waals surface area (Å²) in [5.74, 6) is 0.417. The molecule has 0 aliphatic rings. The molecule has 1 aromatic carbocycles. The third kappa shape index (κ3) is 3.22. The van der Waals surface area contributed by atoms with Gasteiger partial charge in [0, 0.05) is 18.3 Å². The van der Waals surface area contributed by atoms with Crippen LogP contribution < -0.4 is 4.74 Å². The molecule has 0 radical (unpaired) electrons. The number of ketones is 1. The van der Waals surface area contributed by atoms with Crippen LogP contribution in [0.3, 0.4) is 0 Å². The summed E-state index contributed by atoms with van der Waals surface area (Å²) in [5, 5.41) is 7.50. The zero-order valence-electron chi connectivity index (χ0n) is 13.1. The first-order chi connectivity index (χ1) is 11.2. The van der Waals surface area contributed by atoms with Crippen LogP contribution in [-0.2, 0) is 0 Å². The van der Waals surface area contributed by atoms with Crippen molar-refractivity contribution in [1.82, 2.24) is 20.1 Å². The van der Waals surface area contributed by atoms with Crippen molar-refractivity contribution in [2.24, 2.45) is 0 Å². The zero-order chi connectivity index (χ0) is 16.2. The summed E-state index contributed by atoms with van der Waals surface area (Å²) in [6, 6.07) is 9.12. The summed E-state index contributed by atoms with van der Waals surface area (Å²) in [6.45, 7) is 1.23. The third-order valence-corrected chi connectivity index (χ3v) is 3.50. The predicted molar refractivity (Wildman–Crippen MR) is 87.8 cm³/mol. The van der Waals surface area contributed by atoms with E-state index >= 15 is 0 Å². The normalized spacial score (nSPS) is 11.1. The summed E-state index contributed by atoms with van der Waals surface area (Å²) in [4.78, 5) is 19.1. The second-order valence-corrected chi connectivity index (χ2v) is 5.48. The van der Waals surface area contributed by atoms with E-state index in [1.54, 1.807) is 24.5 Å². The maximum Gasteiger partial charge on any atom is 0.198 e. The lowest BCUT2D eigenvalue weighted by atomic mass is 10.0. The SMILES string of the molecule is CN(C)CCOc1c(C(=O)c2ccccc2)cnc2[nH]ncc12. The van der Waals surface area contributed by atoms with Gasteiger partial charge >= 0.3 is 0 Å². The number of aromatic nitrogens is 3. The largest absolute Gasteiger partial charge is 0.491 e. The van der Waals surface area contributed by atoms with Crippen LogP contribution in [0, 0.1) is 0 Å². The number of nitrogens with zero attached hydrogens (tertiary/aromatic N) is 3. The first kappa shape index (κ1) is 15.2. The number of nitrogens with one attached hydrogen (secondary N) is 1. The molecule has 0 amide bonds. The number of H-pyrrole nitrogens is 1. The van der Waals surface area contributed by atoms with Crippen LogP contribution in [0.25, 0.3) is 11.0 Å². The second kappa shape index (κ2) is 6.58. The maximum absolute atomic E-state index is 12.8. The number of hydrogen-bond acceptors (Lipinski definition) is 5. The molecule has 0 aliphatic carbocycles. The average Bonchev–Trinajstić information content (AvgIpc) is 3.04. The molecule has 23 heavy (non-hydrogen) atoms. The van der Waals surface area contributed by atoms with E-state index in [1.165, 1.54) is 0 Å². The summed E-state index contributed by atoms with van der Waals surface area (Å²) in [7, 11) is 3.94. The van der Waals surface area contributed by atoms with E-state index in [1.807, 2.05) is 37.2 Å². The van der Waals surface area contributed by atoms with Gasteiger partial charge in [0.15, 0.2) is 11.4 Å². The number of likely N-dealkylation sites (N-methyl/N-ethyl adjacent to an activating group) is 1. The Balaban J connectivity index is 2.00. The zero-order valence-corrected chi connectivity index (χ0v) is 13.1. The molecule has 0 saturated carbocycles. The molecule has 0 aliphatic heterocycles. The quantitative estimate of drug-likeness (QED) is 0.706. The Morgan fingerprint density at radius 1 is 1.22 bits per heavy atom. The Morgan fingerprint density at radius 2 is 2.00 bits per heavy atom. The minimum Gasteiger partial charge on any atom is -0.491 e. The molecule has 0 spiro atoms. The van der Waals surface area contributed by atoms with E-state index in [2.05, 4.69) is 15.2 Å². The van der Waals surface area contributed by atoms with Crippen molar-refractivity contribution in [2.45, 2.75) is 0 Å². The molecular weight excluding hydrogens is 292 g/mol. The van der Waals surface area contributed by atoms with Crippen molar-refractivity contribution >= 4 is 16.8 Å². The van der Waals surface area contributed by atoms with Gasteiger partial charge in [0.25, 0.3) is 0 Å². The molecule has 0 fully saturated rings. The lowest BCUT2D eigenvalue weighted by Crippen LogP contribution is -2.20. The number of carbonyl (C=O) groups is 1. The molecule has 6 heteroatoms. The molecule has 0 bridgehead atoms. The molecule has 3 aromatic rings. The number of pyridine rings is 1. The standard InChI is InChI=1S/C17H18N4O2/c1-21(2)8-9-23-16-13(10-18-17-14(16)11-19-20-17)15(22)12-6-4-3-5-7-12/h3-7,10-11H,8-9H2,1-2H3,(H,18,19,20). The highest BCUT2D eigenvalue weighted by Gasteiger charge is 2.19. The number of benzene rings is 1. The summed E-state index contributed by atoms with van der Waals surface area (Å²) < 4.78 is 5.90.